The van der Waals surface area contributed by atoms with Crippen molar-refractivity contribution in [1.29, 1.82) is 0 Å². The Morgan fingerprint density at radius 2 is 1.82 bits per heavy atom. The first-order valence-corrected chi connectivity index (χ1v) is 12.1. The molecule has 0 amide bonds. The Hall–Kier alpha value is -2.50. The summed E-state index contributed by atoms with van der Waals surface area (Å²) in [6, 6.07) is 4.85. The Kier molecular flexibility index (Phi) is 10.0. The maximum absolute atomic E-state index is 12.3. The lowest BCUT2D eigenvalue weighted by Gasteiger charge is -2.43. The largest absolute Gasteiger partial charge is 0.462 e. The highest BCUT2D eigenvalue weighted by Gasteiger charge is 2.50. The molecule has 0 aromatic heterocycles. The average molecular weight is 478 g/mol. The molecule has 6 heteroatoms. The zero-order chi connectivity index (χ0) is 25.5. The molecule has 3 aliphatic rings. The van der Waals surface area contributed by atoms with Crippen molar-refractivity contribution in [2.24, 2.45) is 35.3 Å². The Balaban J connectivity index is 0.000000216. The van der Waals surface area contributed by atoms with E-state index < -0.39 is 11.7 Å². The minimum Gasteiger partial charge on any atom is -0.462 e. The van der Waals surface area contributed by atoms with Crippen LogP contribution in [0.3, 0.4) is 0 Å². The van der Waals surface area contributed by atoms with Crippen molar-refractivity contribution in [2.75, 3.05) is 0 Å². The van der Waals surface area contributed by atoms with Crippen LogP contribution in [-0.2, 0) is 15.7 Å². The summed E-state index contributed by atoms with van der Waals surface area (Å²) in [5.74, 6) is 3.35. The van der Waals surface area contributed by atoms with Gasteiger partial charge in [0.2, 0.25) is 0 Å². The normalized spacial score (nSPS) is 30.3. The number of ether oxygens (including phenoxy) is 1. The van der Waals surface area contributed by atoms with E-state index in [0.29, 0.717) is 11.5 Å². The number of cyclic esters (lactones) is 1. The molecule has 6 atom stereocenters. The fraction of sp³-hybridized carbons (Fsp3) is 0.536. The van der Waals surface area contributed by atoms with Crippen LogP contribution < -0.4 is 5.73 Å². The smallest absolute Gasteiger partial charge is 0.416 e. The van der Waals surface area contributed by atoms with Crippen molar-refractivity contribution in [2.45, 2.75) is 65.2 Å². The third-order valence-corrected chi connectivity index (χ3v) is 7.22. The summed E-state index contributed by atoms with van der Waals surface area (Å²) in [5.41, 5.74) is 5.43. The third kappa shape index (κ3) is 7.00. The highest BCUT2D eigenvalue weighted by Crippen LogP contribution is 2.51. The molecule has 0 spiro atoms. The summed E-state index contributed by atoms with van der Waals surface area (Å²) in [6.45, 7) is 13.1. The molecule has 2 saturated carbocycles. The third-order valence-electron chi connectivity index (χ3n) is 7.22. The molecule has 3 nitrogen and oxygen atoms in total. The van der Waals surface area contributed by atoms with Crippen LogP contribution in [0.1, 0.15) is 64.0 Å². The molecule has 0 radical (unpaired) electrons. The van der Waals surface area contributed by atoms with Crippen LogP contribution in [0.25, 0.3) is 5.70 Å². The SMILES string of the molecule is C=C/C=C(\N)c1cccc(C(F)(F)F)c1.C=CC.CC1CCCC2CC3C(C)OC(=O)C3CC12. The van der Waals surface area contributed by atoms with E-state index in [1.807, 2.05) is 6.92 Å². The predicted octanol–water partition coefficient (Wildman–Crippen LogP) is 7.39. The Morgan fingerprint density at radius 1 is 1.15 bits per heavy atom. The quantitative estimate of drug-likeness (QED) is 0.274. The number of fused-ring (bicyclic) bond motifs is 2. The first-order valence-electron chi connectivity index (χ1n) is 12.1. The van der Waals surface area contributed by atoms with Gasteiger partial charge in [-0.15, -0.1) is 6.58 Å². The molecule has 4 rings (SSSR count). The van der Waals surface area contributed by atoms with Crippen LogP contribution in [0, 0.1) is 29.6 Å². The minimum atomic E-state index is -4.34. The molecule has 1 saturated heterocycles. The van der Waals surface area contributed by atoms with Gasteiger partial charge in [0.05, 0.1) is 11.5 Å². The maximum Gasteiger partial charge on any atom is 0.416 e. The molecule has 1 aliphatic heterocycles. The number of carbonyl (C=O) groups is 1. The van der Waals surface area contributed by atoms with Crippen molar-refractivity contribution >= 4 is 11.7 Å². The molecule has 188 valence electrons. The number of benzene rings is 1. The number of halogens is 3. The zero-order valence-corrected chi connectivity index (χ0v) is 20.5. The van der Waals surface area contributed by atoms with Gasteiger partial charge in [0.1, 0.15) is 6.10 Å². The number of hydrogen-bond donors (Lipinski definition) is 1. The molecular formula is C28H38F3NO2. The van der Waals surface area contributed by atoms with Gasteiger partial charge in [-0.25, -0.2) is 0 Å². The molecule has 1 heterocycles. The van der Waals surface area contributed by atoms with Crippen molar-refractivity contribution < 1.29 is 22.7 Å². The molecule has 6 unspecified atom stereocenters. The number of hydrogen-bond acceptors (Lipinski definition) is 3. The summed E-state index contributed by atoms with van der Waals surface area (Å²) in [5, 5.41) is 0. The molecule has 0 bridgehead atoms. The highest BCUT2D eigenvalue weighted by molar-refractivity contribution is 5.75. The molecular weight excluding hydrogens is 439 g/mol. The summed E-state index contributed by atoms with van der Waals surface area (Å²) in [4.78, 5) is 11.8. The molecule has 2 aliphatic carbocycles. The first-order chi connectivity index (χ1) is 16.0. The van der Waals surface area contributed by atoms with Gasteiger partial charge in [0.15, 0.2) is 0 Å². The monoisotopic (exact) mass is 477 g/mol. The van der Waals surface area contributed by atoms with Gasteiger partial charge in [-0.1, -0.05) is 57.0 Å². The average Bonchev–Trinajstić information content (AvgIpc) is 3.06. The molecule has 3 fully saturated rings. The predicted molar refractivity (Wildman–Crippen MR) is 131 cm³/mol. The Labute approximate surface area is 201 Å². The van der Waals surface area contributed by atoms with Gasteiger partial charge in [0.25, 0.3) is 0 Å². The minimum absolute atomic E-state index is 0.0914. The topological polar surface area (TPSA) is 52.3 Å². The zero-order valence-electron chi connectivity index (χ0n) is 20.5. The number of carbonyl (C=O) groups excluding carboxylic acids is 1. The number of esters is 1. The summed E-state index contributed by atoms with van der Waals surface area (Å²) < 4.78 is 42.4. The van der Waals surface area contributed by atoms with Gasteiger partial charge in [-0.3, -0.25) is 4.79 Å². The van der Waals surface area contributed by atoms with E-state index >= 15 is 0 Å². The Morgan fingerprint density at radius 3 is 2.44 bits per heavy atom. The fourth-order valence-corrected chi connectivity index (χ4v) is 5.54. The van der Waals surface area contributed by atoms with Gasteiger partial charge in [-0.2, -0.15) is 13.2 Å². The maximum atomic E-state index is 12.3. The van der Waals surface area contributed by atoms with Crippen molar-refractivity contribution in [3.63, 3.8) is 0 Å². The van der Waals surface area contributed by atoms with E-state index in [1.165, 1.54) is 50.0 Å². The second kappa shape index (κ2) is 12.3. The van der Waals surface area contributed by atoms with Crippen LogP contribution in [0.15, 0.2) is 55.7 Å². The van der Waals surface area contributed by atoms with Gasteiger partial charge < -0.3 is 10.5 Å². The van der Waals surface area contributed by atoms with Crippen molar-refractivity contribution in [3.05, 3.63) is 66.8 Å². The van der Waals surface area contributed by atoms with Crippen molar-refractivity contribution in [3.8, 4) is 0 Å². The van der Waals surface area contributed by atoms with E-state index in [4.69, 9.17) is 10.5 Å². The number of allylic oxidation sites excluding steroid dienone is 3. The first kappa shape index (κ1) is 27.7. The second-order valence-corrected chi connectivity index (χ2v) is 9.56. The lowest BCUT2D eigenvalue weighted by Crippen LogP contribution is -2.38. The molecule has 34 heavy (non-hydrogen) atoms. The van der Waals surface area contributed by atoms with E-state index in [0.717, 1.165) is 36.3 Å². The van der Waals surface area contributed by atoms with E-state index in [1.54, 1.807) is 6.08 Å². The summed E-state index contributed by atoms with van der Waals surface area (Å²) in [6.07, 6.45) is 6.96. The van der Waals surface area contributed by atoms with Gasteiger partial charge in [-0.05, 0) is 68.2 Å². The van der Waals surface area contributed by atoms with Crippen LogP contribution >= 0.6 is 0 Å². The lowest BCUT2D eigenvalue weighted by atomic mass is 9.60. The van der Waals surface area contributed by atoms with Crippen LogP contribution in [0.5, 0.6) is 0 Å². The lowest BCUT2D eigenvalue weighted by molar-refractivity contribution is -0.144. The second-order valence-electron chi connectivity index (χ2n) is 9.56. The van der Waals surface area contributed by atoms with Crippen LogP contribution in [0.2, 0.25) is 0 Å². The number of nitrogens with two attached hydrogens (primary N) is 1. The van der Waals surface area contributed by atoms with Gasteiger partial charge >= 0.3 is 12.1 Å². The molecule has 2 N–H and O–H groups in total. The van der Waals surface area contributed by atoms with Crippen molar-refractivity contribution in [1.82, 2.24) is 0 Å². The Bertz CT molecular complexity index is 877. The molecule has 1 aromatic rings. The summed E-state index contributed by atoms with van der Waals surface area (Å²) in [7, 11) is 0. The van der Waals surface area contributed by atoms with Crippen LogP contribution in [0.4, 0.5) is 13.2 Å². The van der Waals surface area contributed by atoms with E-state index in [-0.39, 0.29) is 23.7 Å². The van der Waals surface area contributed by atoms with E-state index in [2.05, 4.69) is 27.0 Å². The number of rotatable bonds is 2. The van der Waals surface area contributed by atoms with E-state index in [9.17, 15) is 18.0 Å². The fourth-order valence-electron chi connectivity index (χ4n) is 5.54. The number of alkyl halides is 3. The highest BCUT2D eigenvalue weighted by atomic mass is 19.4. The summed E-state index contributed by atoms with van der Waals surface area (Å²) >= 11 is 0. The van der Waals surface area contributed by atoms with Crippen LogP contribution in [-0.4, -0.2) is 12.1 Å². The van der Waals surface area contributed by atoms with Gasteiger partial charge in [0, 0.05) is 11.6 Å². The standard InChI is InChI=1S/C14H22O2.C11H10F3N.C3H6/c1-8-4-3-5-10-6-12-9(2)16-14(15)13(12)7-11(8)10;1-2-4-10(15)8-5-3-6-9(7-8)11(12,13)14;1-3-2/h8-13H,3-7H2,1-2H3;2-7H,1,15H2;3H,1H2,2H3/b;10-4-;. The molecule has 1 aromatic carbocycles.